The van der Waals surface area contributed by atoms with Gasteiger partial charge in [-0.15, -0.1) is 10.2 Å². The van der Waals surface area contributed by atoms with Crippen molar-refractivity contribution in [3.63, 3.8) is 0 Å². The summed E-state index contributed by atoms with van der Waals surface area (Å²) < 4.78 is 5.81. The van der Waals surface area contributed by atoms with Gasteiger partial charge in [0.25, 0.3) is 5.91 Å². The summed E-state index contributed by atoms with van der Waals surface area (Å²) in [6.07, 6.45) is 1.86. The lowest BCUT2D eigenvalue weighted by atomic mass is 10.0. The van der Waals surface area contributed by atoms with Crippen molar-refractivity contribution in [3.8, 4) is 22.4 Å². The standard InChI is InChI=1S/C35H37N5O3/c1-26-8-5-6-12-31(26)35(42)40(24-30-11-7-23-43-30)25-34(41)39-21-19-38(20-22-39)33-18-17-32(36-37-33)29-15-13-28(14-16-29)27-9-3-2-4-10-27/h2-6,8-10,12-18,30H,7,11,19-25H2,1H3. The predicted molar refractivity (Wildman–Crippen MR) is 168 cm³/mol. The van der Waals surface area contributed by atoms with Crippen LogP contribution in [0.2, 0.25) is 0 Å². The molecular formula is C35H37N5O3. The SMILES string of the molecule is Cc1ccccc1C(=O)N(CC(=O)N1CCN(c2ccc(-c3ccc(-c4ccccc4)cc3)nn2)CC1)CC1CCCO1. The lowest BCUT2D eigenvalue weighted by Crippen LogP contribution is -2.52. The van der Waals surface area contributed by atoms with Crippen LogP contribution < -0.4 is 4.90 Å². The maximum Gasteiger partial charge on any atom is 0.254 e. The molecule has 0 aliphatic carbocycles. The number of hydrogen-bond acceptors (Lipinski definition) is 6. The second-order valence-electron chi connectivity index (χ2n) is 11.2. The summed E-state index contributed by atoms with van der Waals surface area (Å²) in [5.74, 6) is 0.636. The lowest BCUT2D eigenvalue weighted by Gasteiger charge is -2.36. The minimum atomic E-state index is -0.120. The zero-order chi connectivity index (χ0) is 29.6. The van der Waals surface area contributed by atoms with Crippen LogP contribution in [0.1, 0.15) is 28.8 Å². The van der Waals surface area contributed by atoms with Gasteiger partial charge in [-0.3, -0.25) is 9.59 Å². The van der Waals surface area contributed by atoms with Crippen molar-refractivity contribution in [2.24, 2.45) is 0 Å². The van der Waals surface area contributed by atoms with Crippen LogP contribution in [0.4, 0.5) is 5.82 Å². The van der Waals surface area contributed by atoms with Gasteiger partial charge in [-0.2, -0.15) is 0 Å². The van der Waals surface area contributed by atoms with Crippen molar-refractivity contribution >= 4 is 17.6 Å². The average Bonchev–Trinajstić information content (AvgIpc) is 3.58. The second-order valence-corrected chi connectivity index (χ2v) is 11.2. The number of benzene rings is 3. The summed E-state index contributed by atoms with van der Waals surface area (Å²) in [5.41, 5.74) is 5.72. The van der Waals surface area contributed by atoms with E-state index in [4.69, 9.17) is 4.74 Å². The molecule has 1 unspecified atom stereocenters. The van der Waals surface area contributed by atoms with Crippen molar-refractivity contribution in [1.82, 2.24) is 20.0 Å². The van der Waals surface area contributed by atoms with Crippen molar-refractivity contribution < 1.29 is 14.3 Å². The van der Waals surface area contributed by atoms with E-state index >= 15 is 0 Å². The summed E-state index contributed by atoms with van der Waals surface area (Å²) in [6.45, 7) is 5.55. The monoisotopic (exact) mass is 575 g/mol. The summed E-state index contributed by atoms with van der Waals surface area (Å²) in [4.78, 5) is 32.6. The number of nitrogens with zero attached hydrogens (tertiary/aromatic N) is 5. The van der Waals surface area contributed by atoms with Gasteiger partial charge in [0.15, 0.2) is 5.82 Å². The first kappa shape index (κ1) is 28.6. The molecule has 0 spiro atoms. The van der Waals surface area contributed by atoms with E-state index in [1.54, 1.807) is 4.90 Å². The third kappa shape index (κ3) is 6.75. The Hall–Kier alpha value is -4.56. The summed E-state index contributed by atoms with van der Waals surface area (Å²) in [7, 11) is 0. The Morgan fingerprint density at radius 2 is 1.51 bits per heavy atom. The van der Waals surface area contributed by atoms with Crippen molar-refractivity contribution in [1.29, 1.82) is 0 Å². The lowest BCUT2D eigenvalue weighted by molar-refractivity contribution is -0.132. The Bertz CT molecular complexity index is 1530. The van der Waals surface area contributed by atoms with Crippen LogP contribution in [0.5, 0.6) is 0 Å². The van der Waals surface area contributed by atoms with Gasteiger partial charge >= 0.3 is 0 Å². The quantitative estimate of drug-likeness (QED) is 0.291. The molecular weight excluding hydrogens is 538 g/mol. The van der Waals surface area contributed by atoms with Gasteiger partial charge in [0.2, 0.25) is 5.91 Å². The number of piperazine rings is 1. The van der Waals surface area contributed by atoms with Gasteiger partial charge in [-0.25, -0.2) is 0 Å². The molecule has 3 heterocycles. The highest BCUT2D eigenvalue weighted by Crippen LogP contribution is 2.25. The Balaban J connectivity index is 1.06. The number of amides is 2. The van der Waals surface area contributed by atoms with E-state index in [0.29, 0.717) is 44.9 Å². The summed E-state index contributed by atoms with van der Waals surface area (Å²) >= 11 is 0. The molecule has 220 valence electrons. The first-order valence-electron chi connectivity index (χ1n) is 15.0. The molecule has 6 rings (SSSR count). The molecule has 3 aromatic carbocycles. The molecule has 8 heteroatoms. The topological polar surface area (TPSA) is 78.9 Å². The largest absolute Gasteiger partial charge is 0.376 e. The maximum absolute atomic E-state index is 13.5. The molecule has 43 heavy (non-hydrogen) atoms. The molecule has 2 amide bonds. The molecule has 0 saturated carbocycles. The van der Waals surface area contributed by atoms with E-state index in [2.05, 4.69) is 51.5 Å². The highest BCUT2D eigenvalue weighted by Gasteiger charge is 2.29. The van der Waals surface area contributed by atoms with Crippen LogP contribution in [0.15, 0.2) is 91.0 Å². The zero-order valence-electron chi connectivity index (χ0n) is 24.6. The number of ether oxygens (including phenoxy) is 1. The van der Waals surface area contributed by atoms with Crippen molar-refractivity contribution in [3.05, 3.63) is 102 Å². The number of aromatic nitrogens is 2. The number of aryl methyl sites for hydroxylation is 1. The van der Waals surface area contributed by atoms with Gasteiger partial charge in [0, 0.05) is 50.5 Å². The fraction of sp³-hybridized carbons (Fsp3) is 0.314. The first-order chi connectivity index (χ1) is 21.0. The minimum Gasteiger partial charge on any atom is -0.376 e. The fourth-order valence-corrected chi connectivity index (χ4v) is 5.80. The van der Waals surface area contributed by atoms with E-state index in [1.807, 2.05) is 66.4 Å². The molecule has 1 atom stereocenters. The fourth-order valence-electron chi connectivity index (χ4n) is 5.80. The Kier molecular flexibility index (Phi) is 8.75. The van der Waals surface area contributed by atoms with E-state index in [0.717, 1.165) is 41.0 Å². The van der Waals surface area contributed by atoms with Crippen LogP contribution >= 0.6 is 0 Å². The third-order valence-electron chi connectivity index (χ3n) is 8.33. The molecule has 0 radical (unpaired) electrons. The van der Waals surface area contributed by atoms with Crippen molar-refractivity contribution in [2.75, 3.05) is 50.8 Å². The third-order valence-corrected chi connectivity index (χ3v) is 8.33. The number of anilines is 1. The van der Waals surface area contributed by atoms with Crippen LogP contribution in [-0.2, 0) is 9.53 Å². The van der Waals surface area contributed by atoms with Crippen LogP contribution in [0.25, 0.3) is 22.4 Å². The number of rotatable bonds is 8. The average molecular weight is 576 g/mol. The second kappa shape index (κ2) is 13.2. The molecule has 2 aliphatic rings. The number of carbonyl (C=O) groups excluding carboxylic acids is 2. The molecule has 2 fully saturated rings. The van der Waals surface area contributed by atoms with Crippen LogP contribution in [-0.4, -0.2) is 83.8 Å². The Morgan fingerprint density at radius 3 is 2.19 bits per heavy atom. The smallest absolute Gasteiger partial charge is 0.254 e. The van der Waals surface area contributed by atoms with Crippen LogP contribution in [0, 0.1) is 6.92 Å². The predicted octanol–water partition coefficient (Wildman–Crippen LogP) is 5.09. The molecule has 0 bridgehead atoms. The Labute approximate surface area is 252 Å². The van der Waals surface area contributed by atoms with E-state index in [9.17, 15) is 9.59 Å². The molecule has 2 aliphatic heterocycles. The molecule has 2 saturated heterocycles. The van der Waals surface area contributed by atoms with Gasteiger partial charge in [0.05, 0.1) is 11.8 Å². The highest BCUT2D eigenvalue weighted by atomic mass is 16.5. The highest BCUT2D eigenvalue weighted by molar-refractivity contribution is 5.97. The van der Waals surface area contributed by atoms with Crippen LogP contribution in [0.3, 0.4) is 0 Å². The maximum atomic E-state index is 13.5. The van der Waals surface area contributed by atoms with Gasteiger partial charge in [0.1, 0.15) is 6.54 Å². The molecule has 0 N–H and O–H groups in total. The van der Waals surface area contributed by atoms with E-state index < -0.39 is 0 Å². The summed E-state index contributed by atoms with van der Waals surface area (Å²) in [5, 5.41) is 9.00. The van der Waals surface area contributed by atoms with Crippen molar-refractivity contribution in [2.45, 2.75) is 25.9 Å². The van der Waals surface area contributed by atoms with Gasteiger partial charge < -0.3 is 19.4 Å². The van der Waals surface area contributed by atoms with E-state index in [-0.39, 0.29) is 24.5 Å². The normalized spacial score (nSPS) is 16.7. The molecule has 8 nitrogen and oxygen atoms in total. The Morgan fingerprint density at radius 1 is 0.814 bits per heavy atom. The van der Waals surface area contributed by atoms with Gasteiger partial charge in [-0.1, -0.05) is 72.8 Å². The summed E-state index contributed by atoms with van der Waals surface area (Å²) in [6, 6.07) is 30.2. The van der Waals surface area contributed by atoms with E-state index in [1.165, 1.54) is 5.56 Å². The zero-order valence-corrected chi connectivity index (χ0v) is 24.6. The molecule has 4 aromatic rings. The first-order valence-corrected chi connectivity index (χ1v) is 15.0. The number of carbonyl (C=O) groups is 2. The molecule has 1 aromatic heterocycles. The van der Waals surface area contributed by atoms with Gasteiger partial charge in [-0.05, 0) is 54.7 Å². The minimum absolute atomic E-state index is 0.0269. The number of hydrogen-bond donors (Lipinski definition) is 0.